The summed E-state index contributed by atoms with van der Waals surface area (Å²) in [4.78, 5) is 11.3. The molecule has 13 heavy (non-hydrogen) atoms. The molecular weight excluding hydrogens is 164 g/mol. The maximum Gasteiger partial charge on any atom is 0.185 e. The number of methoxy groups -OCH3 is 1. The van der Waals surface area contributed by atoms with Gasteiger partial charge in [-0.15, -0.1) is 0 Å². The summed E-state index contributed by atoms with van der Waals surface area (Å²) in [5, 5.41) is 0. The average molecular weight is 176 g/mol. The van der Waals surface area contributed by atoms with E-state index in [-0.39, 0.29) is 5.78 Å². The second-order valence-electron chi connectivity index (χ2n) is 2.59. The number of hydrogen-bond acceptors (Lipinski definition) is 2. The van der Waals surface area contributed by atoms with Gasteiger partial charge in [0.05, 0.1) is 7.11 Å². The van der Waals surface area contributed by atoms with Crippen molar-refractivity contribution in [1.29, 1.82) is 0 Å². The van der Waals surface area contributed by atoms with Crippen LogP contribution in [0, 0.1) is 0 Å². The number of allylic oxidation sites excluding steroid dienone is 2. The van der Waals surface area contributed by atoms with Crippen molar-refractivity contribution in [2.45, 2.75) is 6.92 Å². The lowest BCUT2D eigenvalue weighted by molar-refractivity contribution is 0.104. The van der Waals surface area contributed by atoms with Crippen LogP contribution in [-0.4, -0.2) is 12.9 Å². The van der Waals surface area contributed by atoms with Gasteiger partial charge in [-0.05, 0) is 37.3 Å². The molecule has 0 atom stereocenters. The lowest BCUT2D eigenvalue weighted by Crippen LogP contribution is -1.93. The monoisotopic (exact) mass is 176 g/mol. The van der Waals surface area contributed by atoms with E-state index in [1.54, 1.807) is 43.5 Å². The molecule has 1 rings (SSSR count). The fraction of sp³-hybridized carbons (Fsp3) is 0.182. The zero-order valence-electron chi connectivity index (χ0n) is 7.78. The molecule has 2 nitrogen and oxygen atoms in total. The predicted molar refractivity (Wildman–Crippen MR) is 52.1 cm³/mol. The molecule has 0 saturated heterocycles. The molecule has 0 fully saturated rings. The minimum Gasteiger partial charge on any atom is -0.497 e. The number of ketones is 1. The van der Waals surface area contributed by atoms with E-state index < -0.39 is 0 Å². The van der Waals surface area contributed by atoms with Crippen LogP contribution in [0.5, 0.6) is 5.75 Å². The van der Waals surface area contributed by atoms with Gasteiger partial charge >= 0.3 is 0 Å². The molecule has 1 aromatic carbocycles. The maximum absolute atomic E-state index is 11.3. The van der Waals surface area contributed by atoms with Crippen molar-refractivity contribution in [3.63, 3.8) is 0 Å². The highest BCUT2D eigenvalue weighted by molar-refractivity contribution is 6.04. The summed E-state index contributed by atoms with van der Waals surface area (Å²) in [5.74, 6) is 0.780. The van der Waals surface area contributed by atoms with Crippen LogP contribution in [0.4, 0.5) is 0 Å². The van der Waals surface area contributed by atoms with Gasteiger partial charge in [-0.1, -0.05) is 6.08 Å². The molecule has 0 unspecified atom stereocenters. The zero-order valence-corrected chi connectivity index (χ0v) is 7.78. The van der Waals surface area contributed by atoms with Gasteiger partial charge < -0.3 is 4.74 Å². The number of rotatable bonds is 3. The summed E-state index contributed by atoms with van der Waals surface area (Å²) in [6, 6.07) is 7.05. The van der Waals surface area contributed by atoms with Crippen LogP contribution in [0.15, 0.2) is 36.4 Å². The predicted octanol–water partition coefficient (Wildman–Crippen LogP) is 2.45. The van der Waals surface area contributed by atoms with E-state index in [0.717, 1.165) is 5.75 Å². The Balaban J connectivity index is 2.85. The number of ether oxygens (including phenoxy) is 1. The van der Waals surface area contributed by atoms with E-state index in [1.807, 2.05) is 6.92 Å². The Bertz CT molecular complexity index is 309. The molecule has 0 aromatic heterocycles. The Kier molecular flexibility index (Phi) is 3.26. The molecule has 2 heteroatoms. The smallest absolute Gasteiger partial charge is 0.185 e. The van der Waals surface area contributed by atoms with E-state index in [4.69, 9.17) is 4.74 Å². The first-order valence-electron chi connectivity index (χ1n) is 4.09. The highest BCUT2D eigenvalue weighted by atomic mass is 16.5. The van der Waals surface area contributed by atoms with Crippen molar-refractivity contribution in [2.24, 2.45) is 0 Å². The molecule has 0 N–H and O–H groups in total. The number of hydrogen-bond donors (Lipinski definition) is 0. The second kappa shape index (κ2) is 4.45. The highest BCUT2D eigenvalue weighted by Gasteiger charge is 2.00. The normalized spacial score (nSPS) is 10.3. The minimum atomic E-state index is 0.0187. The molecule has 0 heterocycles. The van der Waals surface area contributed by atoms with E-state index in [9.17, 15) is 4.79 Å². The van der Waals surface area contributed by atoms with Crippen molar-refractivity contribution in [2.75, 3.05) is 7.11 Å². The van der Waals surface area contributed by atoms with Crippen LogP contribution in [0.25, 0.3) is 0 Å². The molecule has 0 aliphatic rings. The molecular formula is C11H12O2. The first-order valence-corrected chi connectivity index (χ1v) is 4.09. The van der Waals surface area contributed by atoms with Crippen molar-refractivity contribution in [3.05, 3.63) is 42.0 Å². The SMILES string of the molecule is C/C=C\C(=O)c1ccc(OC)cc1. The highest BCUT2D eigenvalue weighted by Crippen LogP contribution is 2.11. The number of carbonyl (C=O) groups excluding carboxylic acids is 1. The standard InChI is InChI=1S/C11H12O2/c1-3-4-11(12)9-5-7-10(13-2)8-6-9/h3-8H,1-2H3/b4-3-. The second-order valence-corrected chi connectivity index (χ2v) is 2.59. The molecule has 0 aliphatic heterocycles. The average Bonchev–Trinajstić information content (AvgIpc) is 2.18. The first kappa shape index (κ1) is 9.52. The van der Waals surface area contributed by atoms with Crippen molar-refractivity contribution in [1.82, 2.24) is 0 Å². The van der Waals surface area contributed by atoms with Crippen LogP contribution in [-0.2, 0) is 0 Å². The van der Waals surface area contributed by atoms with Gasteiger partial charge in [0.1, 0.15) is 5.75 Å². The third-order valence-corrected chi connectivity index (χ3v) is 1.69. The largest absolute Gasteiger partial charge is 0.497 e. The molecule has 0 radical (unpaired) electrons. The summed E-state index contributed by atoms with van der Waals surface area (Å²) >= 11 is 0. The van der Waals surface area contributed by atoms with Crippen molar-refractivity contribution < 1.29 is 9.53 Å². The molecule has 0 spiro atoms. The van der Waals surface area contributed by atoms with E-state index >= 15 is 0 Å². The van der Waals surface area contributed by atoms with Crippen molar-refractivity contribution in [3.8, 4) is 5.75 Å². The fourth-order valence-corrected chi connectivity index (χ4v) is 1.00. The van der Waals surface area contributed by atoms with Gasteiger partial charge in [-0.25, -0.2) is 0 Å². The van der Waals surface area contributed by atoms with Crippen LogP contribution in [0.2, 0.25) is 0 Å². The summed E-state index contributed by atoms with van der Waals surface area (Å²) in [6.07, 6.45) is 3.27. The molecule has 0 aliphatic carbocycles. The van der Waals surface area contributed by atoms with Crippen molar-refractivity contribution >= 4 is 5.78 Å². The summed E-state index contributed by atoms with van der Waals surface area (Å²) < 4.78 is 4.98. The fourth-order valence-electron chi connectivity index (χ4n) is 1.00. The Morgan fingerprint density at radius 2 is 1.92 bits per heavy atom. The van der Waals surface area contributed by atoms with Gasteiger partial charge in [0.15, 0.2) is 5.78 Å². The summed E-state index contributed by atoms with van der Waals surface area (Å²) in [5.41, 5.74) is 0.680. The Labute approximate surface area is 77.8 Å². The maximum atomic E-state index is 11.3. The topological polar surface area (TPSA) is 26.3 Å². The van der Waals surface area contributed by atoms with E-state index in [1.165, 1.54) is 0 Å². The molecule has 0 bridgehead atoms. The van der Waals surface area contributed by atoms with Crippen LogP contribution >= 0.6 is 0 Å². The number of carbonyl (C=O) groups is 1. The third kappa shape index (κ3) is 2.44. The third-order valence-electron chi connectivity index (χ3n) is 1.69. The summed E-state index contributed by atoms with van der Waals surface area (Å²) in [7, 11) is 1.60. The molecule has 0 saturated carbocycles. The molecule has 68 valence electrons. The minimum absolute atomic E-state index is 0.0187. The van der Waals surface area contributed by atoms with E-state index in [0.29, 0.717) is 5.56 Å². The molecule has 1 aromatic rings. The first-order chi connectivity index (χ1) is 6.27. The lowest BCUT2D eigenvalue weighted by atomic mass is 10.1. The Morgan fingerprint density at radius 3 is 2.38 bits per heavy atom. The van der Waals surface area contributed by atoms with E-state index in [2.05, 4.69) is 0 Å². The van der Waals surface area contributed by atoms with Gasteiger partial charge in [-0.3, -0.25) is 4.79 Å². The Morgan fingerprint density at radius 1 is 1.31 bits per heavy atom. The summed E-state index contributed by atoms with van der Waals surface area (Å²) in [6.45, 7) is 1.82. The number of benzene rings is 1. The van der Waals surface area contributed by atoms with Gasteiger partial charge in [0, 0.05) is 5.56 Å². The van der Waals surface area contributed by atoms with Crippen LogP contribution in [0.1, 0.15) is 17.3 Å². The van der Waals surface area contributed by atoms with Gasteiger partial charge in [0.2, 0.25) is 0 Å². The van der Waals surface area contributed by atoms with Crippen LogP contribution < -0.4 is 4.74 Å². The lowest BCUT2D eigenvalue weighted by Gasteiger charge is -1.99. The van der Waals surface area contributed by atoms with Gasteiger partial charge in [-0.2, -0.15) is 0 Å². The molecule has 0 amide bonds. The Hall–Kier alpha value is -1.57. The zero-order chi connectivity index (χ0) is 9.68. The van der Waals surface area contributed by atoms with Crippen LogP contribution in [0.3, 0.4) is 0 Å². The van der Waals surface area contributed by atoms with Gasteiger partial charge in [0.25, 0.3) is 0 Å². The quantitative estimate of drug-likeness (QED) is 0.522.